The van der Waals surface area contributed by atoms with Gasteiger partial charge in [-0.3, -0.25) is 0 Å². The lowest BCUT2D eigenvalue weighted by Gasteiger charge is -2.18. The van der Waals surface area contributed by atoms with E-state index < -0.39 is 0 Å². The Morgan fingerprint density at radius 2 is 2.00 bits per heavy atom. The van der Waals surface area contributed by atoms with E-state index in [1.54, 1.807) is 6.07 Å². The van der Waals surface area contributed by atoms with Crippen molar-refractivity contribution in [3.8, 4) is 0 Å². The van der Waals surface area contributed by atoms with Crippen LogP contribution in [-0.4, -0.2) is 13.1 Å². The van der Waals surface area contributed by atoms with Gasteiger partial charge in [-0.2, -0.15) is 0 Å². The summed E-state index contributed by atoms with van der Waals surface area (Å²) in [6.45, 7) is 4.23. The van der Waals surface area contributed by atoms with E-state index in [9.17, 15) is 4.39 Å². The van der Waals surface area contributed by atoms with Crippen molar-refractivity contribution in [3.63, 3.8) is 0 Å². The van der Waals surface area contributed by atoms with Crippen molar-refractivity contribution in [1.82, 2.24) is 0 Å². The van der Waals surface area contributed by atoms with Gasteiger partial charge in [-0.25, -0.2) is 4.39 Å². The van der Waals surface area contributed by atoms with Gasteiger partial charge in [0.2, 0.25) is 0 Å². The minimum Gasteiger partial charge on any atom is -0.372 e. The summed E-state index contributed by atoms with van der Waals surface area (Å²) in [6, 6.07) is 5.47. The molecule has 0 bridgehead atoms. The van der Waals surface area contributed by atoms with Gasteiger partial charge in [0.05, 0.1) is 0 Å². The summed E-state index contributed by atoms with van der Waals surface area (Å²) in [5, 5.41) is 0. The van der Waals surface area contributed by atoms with Crippen LogP contribution in [0.3, 0.4) is 0 Å². The van der Waals surface area contributed by atoms with Gasteiger partial charge in [-0.15, -0.1) is 0 Å². The lowest BCUT2D eigenvalue weighted by atomic mass is 10.1. The van der Waals surface area contributed by atoms with Crippen molar-refractivity contribution < 1.29 is 4.39 Å². The molecule has 76 valence electrons. The van der Waals surface area contributed by atoms with Crippen molar-refractivity contribution in [1.29, 1.82) is 0 Å². The summed E-state index contributed by atoms with van der Waals surface area (Å²) in [5.41, 5.74) is 2.01. The van der Waals surface area contributed by atoms with E-state index in [-0.39, 0.29) is 5.82 Å². The van der Waals surface area contributed by atoms with Crippen molar-refractivity contribution in [3.05, 3.63) is 29.6 Å². The number of nitrogens with zero attached hydrogens (tertiary/aromatic N) is 1. The second-order valence-electron chi connectivity index (χ2n) is 3.82. The predicted molar refractivity (Wildman–Crippen MR) is 57.2 cm³/mol. The third-order valence-corrected chi connectivity index (χ3v) is 2.88. The molecule has 1 aliphatic heterocycles. The Kier molecular flexibility index (Phi) is 2.71. The molecule has 0 spiro atoms. The minimum absolute atomic E-state index is 0.0737. The van der Waals surface area contributed by atoms with Gasteiger partial charge in [-0.1, -0.05) is 6.92 Å². The predicted octanol–water partition coefficient (Wildman–Crippen LogP) is 2.99. The van der Waals surface area contributed by atoms with Crippen LogP contribution in [0.2, 0.25) is 0 Å². The van der Waals surface area contributed by atoms with Crippen molar-refractivity contribution in [2.75, 3.05) is 18.0 Å². The molecule has 1 aliphatic rings. The lowest BCUT2D eigenvalue weighted by Crippen LogP contribution is -2.17. The minimum atomic E-state index is -0.0737. The Labute approximate surface area is 84.5 Å². The Morgan fingerprint density at radius 3 is 2.64 bits per heavy atom. The first-order chi connectivity index (χ1) is 6.81. The van der Waals surface area contributed by atoms with Gasteiger partial charge in [-0.05, 0) is 43.0 Å². The molecule has 1 fully saturated rings. The van der Waals surface area contributed by atoms with E-state index in [0.717, 1.165) is 25.1 Å². The van der Waals surface area contributed by atoms with Gasteiger partial charge in [0, 0.05) is 18.8 Å². The van der Waals surface area contributed by atoms with Crippen molar-refractivity contribution in [2.24, 2.45) is 0 Å². The van der Waals surface area contributed by atoms with Crippen LogP contribution >= 0.6 is 0 Å². The van der Waals surface area contributed by atoms with E-state index in [1.165, 1.54) is 18.5 Å². The van der Waals surface area contributed by atoms with E-state index in [0.29, 0.717) is 0 Å². The summed E-state index contributed by atoms with van der Waals surface area (Å²) in [6.07, 6.45) is 3.30. The van der Waals surface area contributed by atoms with E-state index >= 15 is 0 Å². The second kappa shape index (κ2) is 3.99. The molecule has 1 saturated heterocycles. The fourth-order valence-electron chi connectivity index (χ4n) is 2.00. The van der Waals surface area contributed by atoms with Crippen molar-refractivity contribution >= 4 is 5.69 Å². The van der Waals surface area contributed by atoms with Crippen LogP contribution in [0.15, 0.2) is 18.2 Å². The summed E-state index contributed by atoms with van der Waals surface area (Å²) in [5.74, 6) is -0.0737. The summed E-state index contributed by atoms with van der Waals surface area (Å²) in [4.78, 5) is 2.33. The standard InChI is InChI=1S/C12H16FN/c1-2-10-9-11(5-6-12(10)13)14-7-3-4-8-14/h5-6,9H,2-4,7-8H2,1H3. The zero-order chi connectivity index (χ0) is 9.97. The zero-order valence-electron chi connectivity index (χ0n) is 8.59. The largest absolute Gasteiger partial charge is 0.372 e. The Hall–Kier alpha value is -1.05. The average molecular weight is 193 g/mol. The smallest absolute Gasteiger partial charge is 0.126 e. The zero-order valence-corrected chi connectivity index (χ0v) is 8.59. The van der Waals surface area contributed by atoms with Gasteiger partial charge in [0.25, 0.3) is 0 Å². The molecule has 1 aromatic rings. The number of anilines is 1. The molecule has 2 heteroatoms. The topological polar surface area (TPSA) is 3.24 Å². The monoisotopic (exact) mass is 193 g/mol. The normalized spacial score (nSPS) is 16.3. The highest BCUT2D eigenvalue weighted by Gasteiger charge is 2.13. The average Bonchev–Trinajstić information content (AvgIpc) is 2.71. The molecule has 0 unspecified atom stereocenters. The van der Waals surface area contributed by atoms with Crippen LogP contribution in [0.4, 0.5) is 10.1 Å². The summed E-state index contributed by atoms with van der Waals surface area (Å²) >= 11 is 0. The highest BCUT2D eigenvalue weighted by atomic mass is 19.1. The van der Waals surface area contributed by atoms with Crippen LogP contribution in [-0.2, 0) is 6.42 Å². The SMILES string of the molecule is CCc1cc(N2CCCC2)ccc1F. The van der Waals surface area contributed by atoms with Crippen LogP contribution < -0.4 is 4.90 Å². The molecule has 0 amide bonds. The van der Waals surface area contributed by atoms with Crippen LogP contribution in [0.25, 0.3) is 0 Å². The first kappa shape index (κ1) is 9.50. The van der Waals surface area contributed by atoms with Crippen LogP contribution in [0.5, 0.6) is 0 Å². The maximum absolute atomic E-state index is 13.2. The molecule has 1 nitrogen and oxygen atoms in total. The molecule has 14 heavy (non-hydrogen) atoms. The molecule has 0 atom stereocenters. The van der Waals surface area contributed by atoms with Gasteiger partial charge in [0.15, 0.2) is 0 Å². The molecule has 0 saturated carbocycles. The third kappa shape index (κ3) is 1.74. The van der Waals surface area contributed by atoms with Gasteiger partial charge < -0.3 is 4.90 Å². The molecule has 2 rings (SSSR count). The first-order valence-electron chi connectivity index (χ1n) is 5.34. The Bertz CT molecular complexity index is 316. The number of halogens is 1. The molecule has 0 aromatic heterocycles. The maximum atomic E-state index is 13.2. The number of hydrogen-bond acceptors (Lipinski definition) is 1. The maximum Gasteiger partial charge on any atom is 0.126 e. The number of benzene rings is 1. The number of rotatable bonds is 2. The first-order valence-corrected chi connectivity index (χ1v) is 5.34. The Morgan fingerprint density at radius 1 is 1.29 bits per heavy atom. The Balaban J connectivity index is 2.25. The summed E-state index contributed by atoms with van der Waals surface area (Å²) < 4.78 is 13.2. The molecular formula is C12H16FN. The lowest BCUT2D eigenvalue weighted by molar-refractivity contribution is 0.612. The van der Waals surface area contributed by atoms with Crippen molar-refractivity contribution in [2.45, 2.75) is 26.2 Å². The molecule has 1 aromatic carbocycles. The molecule has 0 aliphatic carbocycles. The number of aryl methyl sites for hydroxylation is 1. The highest BCUT2D eigenvalue weighted by molar-refractivity contribution is 5.49. The third-order valence-electron chi connectivity index (χ3n) is 2.88. The molecular weight excluding hydrogens is 177 g/mol. The van der Waals surface area contributed by atoms with Gasteiger partial charge >= 0.3 is 0 Å². The molecule has 0 N–H and O–H groups in total. The fourth-order valence-corrected chi connectivity index (χ4v) is 2.00. The molecule has 0 radical (unpaired) electrons. The van der Waals surface area contributed by atoms with E-state index in [1.807, 2.05) is 19.1 Å². The second-order valence-corrected chi connectivity index (χ2v) is 3.82. The quantitative estimate of drug-likeness (QED) is 0.698. The highest BCUT2D eigenvalue weighted by Crippen LogP contribution is 2.22. The van der Waals surface area contributed by atoms with Crippen LogP contribution in [0.1, 0.15) is 25.3 Å². The molecule has 1 heterocycles. The van der Waals surface area contributed by atoms with Crippen LogP contribution in [0, 0.1) is 5.82 Å². The van der Waals surface area contributed by atoms with Gasteiger partial charge in [0.1, 0.15) is 5.82 Å². The fraction of sp³-hybridized carbons (Fsp3) is 0.500. The summed E-state index contributed by atoms with van der Waals surface area (Å²) in [7, 11) is 0. The number of hydrogen-bond donors (Lipinski definition) is 0. The van der Waals surface area contributed by atoms with E-state index in [2.05, 4.69) is 4.90 Å². The van der Waals surface area contributed by atoms with E-state index in [4.69, 9.17) is 0 Å².